The first-order valence-corrected chi connectivity index (χ1v) is 8.76. The molecular weight excluding hydrogens is 298 g/mol. The van der Waals surface area contributed by atoms with Crippen LogP contribution in [0.1, 0.15) is 43.7 Å². The van der Waals surface area contributed by atoms with Crippen molar-refractivity contribution in [3.63, 3.8) is 0 Å². The highest BCUT2D eigenvalue weighted by atomic mass is 16.7. The van der Waals surface area contributed by atoms with Crippen molar-refractivity contribution in [2.24, 2.45) is 0 Å². The van der Waals surface area contributed by atoms with Crippen molar-refractivity contribution in [1.82, 2.24) is 5.06 Å². The molecular formula is C21H25NO2. The van der Waals surface area contributed by atoms with E-state index in [1.807, 2.05) is 17.2 Å². The third-order valence-electron chi connectivity index (χ3n) is 4.90. The third-order valence-corrected chi connectivity index (χ3v) is 4.90. The van der Waals surface area contributed by atoms with Gasteiger partial charge in [0.25, 0.3) is 0 Å². The largest absolute Gasteiger partial charge is 0.367 e. The number of hydrogen-bond acceptors (Lipinski definition) is 3. The van der Waals surface area contributed by atoms with Gasteiger partial charge in [-0.25, -0.2) is 0 Å². The number of aryl methyl sites for hydroxylation is 1. The maximum absolute atomic E-state index is 11.6. The van der Waals surface area contributed by atoms with Gasteiger partial charge in [0.05, 0.1) is 5.54 Å². The number of hydrogen-bond donors (Lipinski definition) is 0. The zero-order chi connectivity index (χ0) is 16.8. The van der Waals surface area contributed by atoms with E-state index in [0.29, 0.717) is 0 Å². The number of benzene rings is 2. The Morgan fingerprint density at radius 3 is 2.38 bits per heavy atom. The number of carbonyl (C=O) groups is 1. The zero-order valence-corrected chi connectivity index (χ0v) is 14.3. The number of piperidine rings is 1. The minimum Gasteiger partial charge on any atom is -0.367 e. The Hall–Kier alpha value is -2.13. The Kier molecular flexibility index (Phi) is 5.31. The quantitative estimate of drug-likeness (QED) is 0.812. The lowest BCUT2D eigenvalue weighted by atomic mass is 9.77. The van der Waals surface area contributed by atoms with Crippen molar-refractivity contribution in [2.45, 2.75) is 44.6 Å². The van der Waals surface area contributed by atoms with Crippen molar-refractivity contribution in [1.29, 1.82) is 0 Å². The molecule has 2 aromatic carbocycles. The SMILES string of the molecule is CC(=O)ON1CCCCC1(CCc1ccccc1)c1ccccc1. The lowest BCUT2D eigenvalue weighted by molar-refractivity contribution is -0.234. The Morgan fingerprint density at radius 2 is 1.71 bits per heavy atom. The van der Waals surface area contributed by atoms with E-state index in [0.717, 1.165) is 38.6 Å². The summed E-state index contributed by atoms with van der Waals surface area (Å²) in [4.78, 5) is 17.3. The molecule has 0 aliphatic carbocycles. The monoisotopic (exact) mass is 323 g/mol. The fraction of sp³-hybridized carbons (Fsp3) is 0.381. The van der Waals surface area contributed by atoms with Gasteiger partial charge in [0.1, 0.15) is 0 Å². The van der Waals surface area contributed by atoms with Crippen molar-refractivity contribution in [3.05, 3.63) is 71.8 Å². The maximum Gasteiger partial charge on any atom is 0.322 e. The van der Waals surface area contributed by atoms with Crippen LogP contribution >= 0.6 is 0 Å². The second kappa shape index (κ2) is 7.63. The van der Waals surface area contributed by atoms with Gasteiger partial charge in [0.2, 0.25) is 0 Å². The summed E-state index contributed by atoms with van der Waals surface area (Å²) in [5.74, 6) is -0.239. The molecule has 1 saturated heterocycles. The molecule has 3 heteroatoms. The predicted molar refractivity (Wildman–Crippen MR) is 95.2 cm³/mol. The molecule has 1 heterocycles. The summed E-state index contributed by atoms with van der Waals surface area (Å²) >= 11 is 0. The predicted octanol–water partition coefficient (Wildman–Crippen LogP) is 4.48. The Bertz CT molecular complexity index is 656. The fourth-order valence-electron chi connectivity index (χ4n) is 3.73. The van der Waals surface area contributed by atoms with E-state index in [2.05, 4.69) is 48.5 Å². The molecule has 1 atom stereocenters. The highest BCUT2D eigenvalue weighted by Crippen LogP contribution is 2.41. The maximum atomic E-state index is 11.6. The molecule has 0 bridgehead atoms. The highest BCUT2D eigenvalue weighted by molar-refractivity contribution is 5.65. The topological polar surface area (TPSA) is 29.5 Å². The average molecular weight is 323 g/mol. The van der Waals surface area contributed by atoms with Gasteiger partial charge in [0, 0.05) is 13.5 Å². The number of nitrogens with zero attached hydrogens (tertiary/aromatic N) is 1. The van der Waals surface area contributed by atoms with Gasteiger partial charge in [0.15, 0.2) is 0 Å². The highest BCUT2D eigenvalue weighted by Gasteiger charge is 2.42. The summed E-state index contributed by atoms with van der Waals surface area (Å²) in [6, 6.07) is 21.0. The van der Waals surface area contributed by atoms with Crippen molar-refractivity contribution < 1.29 is 9.63 Å². The van der Waals surface area contributed by atoms with E-state index in [9.17, 15) is 4.79 Å². The van der Waals surface area contributed by atoms with Crippen LogP contribution in [0.15, 0.2) is 60.7 Å². The van der Waals surface area contributed by atoms with Crippen LogP contribution in [0.2, 0.25) is 0 Å². The van der Waals surface area contributed by atoms with Gasteiger partial charge in [-0.15, -0.1) is 5.06 Å². The Balaban J connectivity index is 1.91. The minimum atomic E-state index is -0.239. The first-order valence-electron chi connectivity index (χ1n) is 8.76. The van der Waals surface area contributed by atoms with Gasteiger partial charge in [-0.2, -0.15) is 0 Å². The second-order valence-corrected chi connectivity index (χ2v) is 6.53. The molecule has 126 valence electrons. The van der Waals surface area contributed by atoms with Crippen LogP contribution in [-0.2, 0) is 21.6 Å². The van der Waals surface area contributed by atoms with Crippen molar-refractivity contribution >= 4 is 5.97 Å². The van der Waals surface area contributed by atoms with E-state index in [4.69, 9.17) is 4.84 Å². The van der Waals surface area contributed by atoms with Crippen molar-refractivity contribution in [3.8, 4) is 0 Å². The van der Waals surface area contributed by atoms with Gasteiger partial charge in [-0.05, 0) is 43.2 Å². The van der Waals surface area contributed by atoms with Crippen LogP contribution in [0.4, 0.5) is 0 Å². The first kappa shape index (κ1) is 16.7. The molecule has 0 amide bonds. The number of carbonyl (C=O) groups excluding carboxylic acids is 1. The van der Waals surface area contributed by atoms with E-state index < -0.39 is 0 Å². The minimum absolute atomic E-state index is 0.235. The molecule has 2 aromatic rings. The molecule has 1 aliphatic rings. The van der Waals surface area contributed by atoms with Crippen LogP contribution in [0.25, 0.3) is 0 Å². The van der Waals surface area contributed by atoms with Crippen molar-refractivity contribution in [2.75, 3.05) is 6.54 Å². The molecule has 0 spiro atoms. The van der Waals surface area contributed by atoms with Gasteiger partial charge >= 0.3 is 5.97 Å². The Morgan fingerprint density at radius 1 is 1.04 bits per heavy atom. The molecule has 1 aliphatic heterocycles. The summed E-state index contributed by atoms with van der Waals surface area (Å²) in [6.07, 6.45) is 5.13. The summed E-state index contributed by atoms with van der Waals surface area (Å²) in [6.45, 7) is 2.28. The molecule has 3 nitrogen and oxygen atoms in total. The fourth-order valence-corrected chi connectivity index (χ4v) is 3.73. The van der Waals surface area contributed by atoms with Gasteiger partial charge in [-0.3, -0.25) is 4.79 Å². The molecule has 24 heavy (non-hydrogen) atoms. The molecule has 3 rings (SSSR count). The lowest BCUT2D eigenvalue weighted by Crippen LogP contribution is -2.50. The molecule has 0 aromatic heterocycles. The molecule has 0 radical (unpaired) electrons. The Labute approximate surface area is 144 Å². The number of hydroxylamine groups is 2. The lowest BCUT2D eigenvalue weighted by Gasteiger charge is -2.46. The van der Waals surface area contributed by atoms with Crippen LogP contribution in [0.5, 0.6) is 0 Å². The smallest absolute Gasteiger partial charge is 0.322 e. The summed E-state index contributed by atoms with van der Waals surface area (Å²) in [7, 11) is 0. The van der Waals surface area contributed by atoms with Gasteiger partial charge in [-0.1, -0.05) is 60.7 Å². The van der Waals surface area contributed by atoms with Crippen LogP contribution in [0, 0.1) is 0 Å². The summed E-state index contributed by atoms with van der Waals surface area (Å²) in [5.41, 5.74) is 2.32. The summed E-state index contributed by atoms with van der Waals surface area (Å²) in [5, 5.41) is 1.94. The average Bonchev–Trinajstić information content (AvgIpc) is 2.62. The molecule has 1 fully saturated rings. The van der Waals surface area contributed by atoms with E-state index in [1.54, 1.807) is 0 Å². The first-order chi connectivity index (χ1) is 11.7. The standard InChI is InChI=1S/C21H25NO2/c1-18(23)24-22-17-9-8-15-21(22,20-12-6-3-7-13-20)16-14-19-10-4-2-5-11-19/h2-7,10-13H,8-9,14-17H2,1H3. The number of rotatable bonds is 5. The van der Waals surface area contributed by atoms with E-state index >= 15 is 0 Å². The van der Waals surface area contributed by atoms with Crippen LogP contribution in [-0.4, -0.2) is 17.6 Å². The van der Waals surface area contributed by atoms with Crippen LogP contribution < -0.4 is 0 Å². The molecule has 1 unspecified atom stereocenters. The second-order valence-electron chi connectivity index (χ2n) is 6.53. The van der Waals surface area contributed by atoms with E-state index in [1.165, 1.54) is 18.1 Å². The summed E-state index contributed by atoms with van der Waals surface area (Å²) < 4.78 is 0. The van der Waals surface area contributed by atoms with Crippen LogP contribution in [0.3, 0.4) is 0 Å². The normalized spacial score (nSPS) is 21.4. The molecule has 0 N–H and O–H groups in total. The van der Waals surface area contributed by atoms with E-state index in [-0.39, 0.29) is 11.5 Å². The zero-order valence-electron chi connectivity index (χ0n) is 14.3. The molecule has 0 saturated carbocycles. The van der Waals surface area contributed by atoms with Gasteiger partial charge < -0.3 is 4.84 Å². The third kappa shape index (κ3) is 3.68.